The number of hydrogen-bond donors (Lipinski definition) is 0. The summed E-state index contributed by atoms with van der Waals surface area (Å²) in [5.41, 5.74) is -4.87. The number of hydrogen-bond acceptors (Lipinski definition) is 3. The topological polar surface area (TPSA) is 43.4 Å². The fourth-order valence-corrected chi connectivity index (χ4v) is 1.52. The van der Waals surface area contributed by atoms with Crippen LogP contribution in [0, 0.1) is 0 Å². The van der Waals surface area contributed by atoms with Gasteiger partial charge in [-0.2, -0.15) is 21.6 Å². The summed E-state index contributed by atoms with van der Waals surface area (Å²) in [7, 11) is -5.59. The molecule has 1 aromatic carbocycles. The molecule has 0 N–H and O–H groups in total. The number of benzene rings is 1. The Kier molecular flexibility index (Phi) is 3.82. The van der Waals surface area contributed by atoms with Crippen molar-refractivity contribution in [2.75, 3.05) is 0 Å². The zero-order valence-corrected chi connectivity index (χ0v) is 9.55. The van der Waals surface area contributed by atoms with Crippen LogP contribution in [0.25, 0.3) is 6.08 Å². The maximum atomic E-state index is 12.0. The minimum absolute atomic E-state index is 0.353. The largest absolute Gasteiger partial charge is 0.534 e. The molecule has 0 aliphatic carbocycles. The monoisotopic (exact) mass is 266 g/mol. The van der Waals surface area contributed by atoms with Crippen LogP contribution in [0.4, 0.5) is 13.2 Å². The first kappa shape index (κ1) is 13.6. The summed E-state index contributed by atoms with van der Waals surface area (Å²) in [6, 6.07) is 8.26. The van der Waals surface area contributed by atoms with E-state index in [4.69, 9.17) is 0 Å². The van der Waals surface area contributed by atoms with Gasteiger partial charge >= 0.3 is 15.6 Å². The molecule has 7 heteroatoms. The molecule has 1 rings (SSSR count). The molecule has 0 saturated carbocycles. The second-order valence-electron chi connectivity index (χ2n) is 3.15. The highest BCUT2D eigenvalue weighted by molar-refractivity contribution is 7.87. The van der Waals surface area contributed by atoms with Crippen LogP contribution in [0.15, 0.2) is 36.1 Å². The number of alkyl halides is 3. The molecule has 0 aromatic heterocycles. The minimum atomic E-state index is -5.59. The van der Waals surface area contributed by atoms with Crippen LogP contribution in [0.2, 0.25) is 0 Å². The zero-order valence-electron chi connectivity index (χ0n) is 8.73. The van der Waals surface area contributed by atoms with Crippen molar-refractivity contribution < 1.29 is 25.8 Å². The van der Waals surface area contributed by atoms with E-state index in [-0.39, 0.29) is 5.76 Å². The second-order valence-corrected chi connectivity index (χ2v) is 4.69. The smallest absolute Gasteiger partial charge is 0.381 e. The lowest BCUT2D eigenvalue weighted by atomic mass is 10.2. The summed E-state index contributed by atoms with van der Waals surface area (Å²) in [4.78, 5) is 0. The molecule has 0 spiro atoms. The molecule has 0 saturated heterocycles. The lowest BCUT2D eigenvalue weighted by molar-refractivity contribution is -0.0521. The maximum absolute atomic E-state index is 12.0. The van der Waals surface area contributed by atoms with Crippen LogP contribution in [-0.4, -0.2) is 13.9 Å². The molecule has 0 amide bonds. The van der Waals surface area contributed by atoms with E-state index >= 15 is 0 Å². The van der Waals surface area contributed by atoms with Crippen molar-refractivity contribution in [2.24, 2.45) is 0 Å². The molecule has 3 nitrogen and oxygen atoms in total. The summed E-state index contributed by atoms with van der Waals surface area (Å²) in [6.07, 6.45) is 1.20. The van der Waals surface area contributed by atoms with Gasteiger partial charge in [0.1, 0.15) is 5.76 Å². The Labute approximate surface area is 96.6 Å². The van der Waals surface area contributed by atoms with E-state index in [1.165, 1.54) is 6.08 Å². The molecular weight excluding hydrogens is 257 g/mol. The van der Waals surface area contributed by atoms with Gasteiger partial charge in [0.2, 0.25) is 0 Å². The van der Waals surface area contributed by atoms with E-state index < -0.39 is 15.6 Å². The lowest BCUT2D eigenvalue weighted by Gasteiger charge is -2.09. The van der Waals surface area contributed by atoms with Crippen LogP contribution in [-0.2, 0) is 14.3 Å². The molecule has 0 aliphatic heterocycles. The van der Waals surface area contributed by atoms with Gasteiger partial charge in [0.05, 0.1) is 0 Å². The van der Waals surface area contributed by atoms with Crippen molar-refractivity contribution >= 4 is 16.2 Å². The highest BCUT2D eigenvalue weighted by Crippen LogP contribution is 2.26. The van der Waals surface area contributed by atoms with E-state index in [0.29, 0.717) is 5.56 Å². The van der Waals surface area contributed by atoms with Crippen LogP contribution < -0.4 is 0 Å². The summed E-state index contributed by atoms with van der Waals surface area (Å²) in [6.45, 7) is 1.14. The van der Waals surface area contributed by atoms with E-state index in [0.717, 1.165) is 6.92 Å². The predicted octanol–water partition coefficient (Wildman–Crippen LogP) is 2.91. The SMILES string of the molecule is C/C(=C/c1ccccc1)OS(=O)(=O)C(F)(F)F. The molecular formula is C10H9F3O3S. The molecule has 17 heavy (non-hydrogen) atoms. The van der Waals surface area contributed by atoms with E-state index in [1.807, 2.05) is 0 Å². The van der Waals surface area contributed by atoms with Gasteiger partial charge in [0.15, 0.2) is 0 Å². The first-order valence-corrected chi connectivity index (χ1v) is 5.87. The molecule has 0 unspecified atom stereocenters. The molecule has 94 valence electrons. The second kappa shape index (κ2) is 4.79. The highest BCUT2D eigenvalue weighted by atomic mass is 32.2. The zero-order chi connectivity index (χ0) is 13.1. The molecule has 0 aliphatic rings. The van der Waals surface area contributed by atoms with Crippen molar-refractivity contribution in [3.63, 3.8) is 0 Å². The van der Waals surface area contributed by atoms with Gasteiger partial charge in [-0.1, -0.05) is 30.3 Å². The minimum Gasteiger partial charge on any atom is -0.381 e. The fourth-order valence-electron chi connectivity index (χ4n) is 1.03. The normalized spacial score (nSPS) is 13.5. The number of allylic oxidation sites excluding steroid dienone is 1. The van der Waals surface area contributed by atoms with Crippen molar-refractivity contribution in [1.82, 2.24) is 0 Å². The molecule has 0 atom stereocenters. The molecule has 0 bridgehead atoms. The quantitative estimate of drug-likeness (QED) is 0.480. The van der Waals surface area contributed by atoms with Crippen LogP contribution in [0.5, 0.6) is 0 Å². The number of rotatable bonds is 3. The Bertz CT molecular complexity index is 503. The van der Waals surface area contributed by atoms with E-state index in [1.54, 1.807) is 30.3 Å². The van der Waals surface area contributed by atoms with Crippen molar-refractivity contribution in [3.05, 3.63) is 41.7 Å². The average Bonchev–Trinajstić information content (AvgIpc) is 2.16. The molecule has 0 fully saturated rings. The summed E-state index contributed by atoms with van der Waals surface area (Å²) < 4.78 is 61.2. The van der Waals surface area contributed by atoms with Gasteiger partial charge < -0.3 is 4.18 Å². The third-order valence-corrected chi connectivity index (χ3v) is 2.74. The van der Waals surface area contributed by atoms with Crippen LogP contribution in [0.1, 0.15) is 12.5 Å². The molecule has 0 heterocycles. The Balaban J connectivity index is 2.88. The molecule has 0 radical (unpaired) electrons. The number of halogens is 3. The van der Waals surface area contributed by atoms with Crippen LogP contribution >= 0.6 is 0 Å². The van der Waals surface area contributed by atoms with Gasteiger partial charge in [-0.15, -0.1) is 0 Å². The van der Waals surface area contributed by atoms with E-state index in [2.05, 4.69) is 4.18 Å². The predicted molar refractivity (Wildman–Crippen MR) is 56.2 cm³/mol. The summed E-state index contributed by atoms with van der Waals surface area (Å²) >= 11 is 0. The van der Waals surface area contributed by atoms with Gasteiger partial charge in [-0.25, -0.2) is 0 Å². The Morgan fingerprint density at radius 1 is 1.24 bits per heavy atom. The summed E-state index contributed by atoms with van der Waals surface area (Å²) in [5.74, 6) is -0.353. The standard InChI is InChI=1S/C10H9F3O3S/c1-8(7-9-5-3-2-4-6-9)16-17(14,15)10(11,12)13/h2-7H,1H3/b8-7-. The van der Waals surface area contributed by atoms with Crippen molar-refractivity contribution in [1.29, 1.82) is 0 Å². The average molecular weight is 266 g/mol. The van der Waals surface area contributed by atoms with Gasteiger partial charge in [-0.3, -0.25) is 0 Å². The first-order chi connectivity index (χ1) is 7.72. The van der Waals surface area contributed by atoms with E-state index in [9.17, 15) is 21.6 Å². The molecule has 1 aromatic rings. The third kappa shape index (κ3) is 3.77. The Morgan fingerprint density at radius 3 is 2.24 bits per heavy atom. The maximum Gasteiger partial charge on any atom is 0.534 e. The van der Waals surface area contributed by atoms with Gasteiger partial charge in [0.25, 0.3) is 0 Å². The van der Waals surface area contributed by atoms with Crippen molar-refractivity contribution in [3.8, 4) is 0 Å². The Morgan fingerprint density at radius 2 is 1.76 bits per heavy atom. The van der Waals surface area contributed by atoms with Gasteiger partial charge in [-0.05, 0) is 18.6 Å². The van der Waals surface area contributed by atoms with Gasteiger partial charge in [0, 0.05) is 0 Å². The fraction of sp³-hybridized carbons (Fsp3) is 0.200. The highest BCUT2D eigenvalue weighted by Gasteiger charge is 2.48. The third-order valence-electron chi connectivity index (χ3n) is 1.69. The Hall–Kier alpha value is -1.50. The lowest BCUT2D eigenvalue weighted by Crippen LogP contribution is -2.24. The summed E-state index contributed by atoms with van der Waals surface area (Å²) in [5, 5.41) is 0. The first-order valence-electron chi connectivity index (χ1n) is 4.46. The van der Waals surface area contributed by atoms with Crippen LogP contribution in [0.3, 0.4) is 0 Å². The van der Waals surface area contributed by atoms with Crippen molar-refractivity contribution in [2.45, 2.75) is 12.4 Å².